The predicted molar refractivity (Wildman–Crippen MR) is 71.9 cm³/mol. The first-order valence-electron chi connectivity index (χ1n) is 5.92. The first kappa shape index (κ1) is 15.0. The van der Waals surface area contributed by atoms with Gasteiger partial charge in [-0.3, -0.25) is 25.1 Å². The van der Waals surface area contributed by atoms with E-state index in [4.69, 9.17) is 5.73 Å². The van der Waals surface area contributed by atoms with Crippen molar-refractivity contribution in [1.82, 2.24) is 26.2 Å². The van der Waals surface area contributed by atoms with Crippen molar-refractivity contribution in [1.29, 1.82) is 0 Å². The van der Waals surface area contributed by atoms with Gasteiger partial charge in [0.1, 0.15) is 11.8 Å². The average Bonchev–Trinajstić information content (AvgIpc) is 2.45. The van der Waals surface area contributed by atoms with E-state index in [0.717, 1.165) is 0 Å². The molecular weight excluding hydrogens is 294 g/mol. The lowest BCUT2D eigenvalue weighted by atomic mass is 10.1. The molecule has 1 atom stereocenters. The monoisotopic (exact) mass is 304 g/mol. The van der Waals surface area contributed by atoms with Crippen molar-refractivity contribution in [2.75, 3.05) is 0 Å². The van der Waals surface area contributed by atoms with Crippen molar-refractivity contribution < 1.29 is 14.7 Å². The van der Waals surface area contributed by atoms with Gasteiger partial charge in [-0.25, -0.2) is 9.89 Å². The first-order chi connectivity index (χ1) is 10.4. The summed E-state index contributed by atoms with van der Waals surface area (Å²) in [7, 11) is 0. The molecule has 0 aliphatic carbocycles. The molecule has 2 rings (SSSR count). The summed E-state index contributed by atoms with van der Waals surface area (Å²) in [5, 5.41) is 16.5. The molecule has 22 heavy (non-hydrogen) atoms. The topological polar surface area (TPSA) is 169 Å². The lowest BCUT2D eigenvalue weighted by molar-refractivity contribution is -0.120. The smallest absolute Gasteiger partial charge is 0.342 e. The van der Waals surface area contributed by atoms with Crippen molar-refractivity contribution in [2.24, 2.45) is 0 Å². The van der Waals surface area contributed by atoms with Gasteiger partial charge in [0, 0.05) is 0 Å². The van der Waals surface area contributed by atoms with E-state index in [9.17, 15) is 24.3 Å². The number of aromatic nitrogens is 3. The van der Waals surface area contributed by atoms with Crippen LogP contribution in [0.15, 0.2) is 33.9 Å². The summed E-state index contributed by atoms with van der Waals surface area (Å²) in [6.07, 6.45) is 0. The van der Waals surface area contributed by atoms with Gasteiger partial charge in [0.15, 0.2) is 0 Å². The summed E-state index contributed by atoms with van der Waals surface area (Å²) < 4.78 is 0. The number of hydrogen-bond acceptors (Lipinski definition) is 6. The maximum Gasteiger partial charge on any atom is 0.342 e. The molecule has 10 heteroatoms. The highest BCUT2D eigenvalue weighted by atomic mass is 16.3. The number of amides is 2. The Morgan fingerprint density at radius 2 is 1.86 bits per heavy atom. The van der Waals surface area contributed by atoms with Gasteiger partial charge in [0.2, 0.25) is 5.69 Å². The molecule has 2 aromatic rings. The molecule has 0 aliphatic heterocycles. The Balaban J connectivity index is 2.30. The maximum absolute atomic E-state index is 11.9. The molecule has 10 nitrogen and oxygen atoms in total. The summed E-state index contributed by atoms with van der Waals surface area (Å²) >= 11 is 0. The summed E-state index contributed by atoms with van der Waals surface area (Å²) in [6.45, 7) is 0. The van der Waals surface area contributed by atoms with Gasteiger partial charge >= 0.3 is 5.69 Å². The quantitative estimate of drug-likeness (QED) is 0.532. The molecule has 0 bridgehead atoms. The summed E-state index contributed by atoms with van der Waals surface area (Å²) in [4.78, 5) is 47.4. The van der Waals surface area contributed by atoms with E-state index in [0.29, 0.717) is 0 Å². The van der Waals surface area contributed by atoms with E-state index in [1.165, 1.54) is 24.3 Å². The molecular formula is C12H10N5O5. The molecule has 1 aromatic heterocycles. The minimum atomic E-state index is -1.35. The third-order valence-corrected chi connectivity index (χ3v) is 2.69. The maximum atomic E-state index is 11.9. The summed E-state index contributed by atoms with van der Waals surface area (Å²) in [6, 6.07) is 3.90. The second-order valence-electron chi connectivity index (χ2n) is 4.22. The number of nitrogens with zero attached hydrogens (tertiary/aromatic N) is 1. The van der Waals surface area contributed by atoms with Crippen molar-refractivity contribution in [2.45, 2.75) is 6.04 Å². The van der Waals surface area contributed by atoms with Crippen LogP contribution in [-0.4, -0.2) is 32.1 Å². The first-order valence-corrected chi connectivity index (χ1v) is 5.92. The number of benzene rings is 1. The van der Waals surface area contributed by atoms with Gasteiger partial charge in [-0.05, 0) is 17.7 Å². The third-order valence-electron chi connectivity index (χ3n) is 2.69. The highest BCUT2D eigenvalue weighted by molar-refractivity contribution is 5.95. The second kappa shape index (κ2) is 5.91. The molecule has 0 fully saturated rings. The number of phenolic OH excluding ortho intramolecular Hbond substituents is 1. The molecule has 1 heterocycles. The zero-order valence-corrected chi connectivity index (χ0v) is 10.9. The highest BCUT2D eigenvalue weighted by Gasteiger charge is 2.24. The normalized spacial score (nSPS) is 11.6. The molecule has 0 saturated carbocycles. The average molecular weight is 304 g/mol. The summed E-state index contributed by atoms with van der Waals surface area (Å²) in [5.74, 6) is -2.21. The number of carbonyl (C=O) groups excluding carboxylic acids is 2. The standard InChI is InChI=1S/C12H10N5O5/c13-9(19)7(5-1-3-6(18)4-2-5)14-10(20)8-11(21)15-12(22)17-16-8/h1-4,7,13,18H,(H,14,20)(H2,15,17,21,22). The fraction of sp³-hybridized carbons (Fsp3) is 0.0833. The molecule has 0 aliphatic rings. The van der Waals surface area contributed by atoms with Crippen LogP contribution in [0.25, 0.3) is 0 Å². The van der Waals surface area contributed by atoms with Crippen LogP contribution in [0.3, 0.4) is 0 Å². The van der Waals surface area contributed by atoms with E-state index < -0.39 is 34.8 Å². The highest BCUT2D eigenvalue weighted by Crippen LogP contribution is 2.17. The van der Waals surface area contributed by atoms with Crippen LogP contribution >= 0.6 is 0 Å². The SMILES string of the molecule is [NH]C(=O)C(NC(=O)c1n[nH]c(=O)[nH]c1=O)c1ccc(O)cc1. The van der Waals surface area contributed by atoms with Crippen LogP contribution in [0, 0.1) is 0 Å². The minimum absolute atomic E-state index is 0.0509. The van der Waals surface area contributed by atoms with Crippen molar-refractivity contribution in [3.05, 3.63) is 56.4 Å². The zero-order chi connectivity index (χ0) is 16.3. The lowest BCUT2D eigenvalue weighted by Crippen LogP contribution is -2.39. The Labute approximate surface area is 122 Å². The molecule has 5 N–H and O–H groups in total. The van der Waals surface area contributed by atoms with E-state index in [-0.39, 0.29) is 11.3 Å². The predicted octanol–water partition coefficient (Wildman–Crippen LogP) is -1.56. The van der Waals surface area contributed by atoms with Gasteiger partial charge < -0.3 is 10.4 Å². The molecule has 113 valence electrons. The Hall–Kier alpha value is -3.43. The lowest BCUT2D eigenvalue weighted by Gasteiger charge is -2.14. The van der Waals surface area contributed by atoms with Gasteiger partial charge in [-0.15, -0.1) is 0 Å². The molecule has 0 spiro atoms. The van der Waals surface area contributed by atoms with Crippen molar-refractivity contribution >= 4 is 11.8 Å². The van der Waals surface area contributed by atoms with Crippen LogP contribution in [0.4, 0.5) is 0 Å². The Morgan fingerprint density at radius 3 is 2.41 bits per heavy atom. The van der Waals surface area contributed by atoms with Crippen molar-refractivity contribution in [3.8, 4) is 5.75 Å². The zero-order valence-electron chi connectivity index (χ0n) is 10.9. The Morgan fingerprint density at radius 1 is 1.23 bits per heavy atom. The van der Waals surface area contributed by atoms with Crippen LogP contribution in [0.2, 0.25) is 0 Å². The van der Waals surface area contributed by atoms with E-state index in [1.54, 1.807) is 0 Å². The Kier molecular flexibility index (Phi) is 4.02. The van der Waals surface area contributed by atoms with Crippen LogP contribution in [0.5, 0.6) is 5.75 Å². The molecule has 1 radical (unpaired) electrons. The number of phenols is 1. The van der Waals surface area contributed by atoms with Gasteiger partial charge in [-0.1, -0.05) is 12.1 Å². The molecule has 1 aromatic carbocycles. The second-order valence-corrected chi connectivity index (χ2v) is 4.22. The van der Waals surface area contributed by atoms with Crippen LogP contribution < -0.4 is 22.3 Å². The molecule has 2 amide bonds. The third kappa shape index (κ3) is 3.17. The number of aromatic hydroxyl groups is 1. The summed E-state index contributed by atoms with van der Waals surface area (Å²) in [5.41, 5.74) is 4.88. The fourth-order valence-electron chi connectivity index (χ4n) is 1.67. The fourth-order valence-corrected chi connectivity index (χ4v) is 1.67. The largest absolute Gasteiger partial charge is 0.508 e. The molecule has 0 saturated heterocycles. The van der Waals surface area contributed by atoms with E-state index >= 15 is 0 Å². The van der Waals surface area contributed by atoms with Crippen molar-refractivity contribution in [3.63, 3.8) is 0 Å². The number of H-pyrrole nitrogens is 2. The van der Waals surface area contributed by atoms with Gasteiger partial charge in [-0.2, -0.15) is 5.10 Å². The van der Waals surface area contributed by atoms with Crippen LogP contribution in [0.1, 0.15) is 22.1 Å². The van der Waals surface area contributed by atoms with E-state index in [2.05, 4.69) is 10.4 Å². The van der Waals surface area contributed by atoms with Gasteiger partial charge in [0.25, 0.3) is 17.4 Å². The number of aromatic amines is 2. The minimum Gasteiger partial charge on any atom is -0.508 e. The van der Waals surface area contributed by atoms with Crippen LogP contribution in [-0.2, 0) is 4.79 Å². The number of rotatable bonds is 4. The number of nitrogens with one attached hydrogen (secondary N) is 4. The number of carbonyl (C=O) groups is 2. The Bertz CT molecular complexity index is 823. The number of hydrogen-bond donors (Lipinski definition) is 4. The van der Waals surface area contributed by atoms with E-state index in [1.807, 2.05) is 10.1 Å². The van der Waals surface area contributed by atoms with Gasteiger partial charge in [0.05, 0.1) is 0 Å². The molecule has 1 unspecified atom stereocenters.